The first-order chi connectivity index (χ1) is 13.1. The molecule has 0 spiro atoms. The Morgan fingerprint density at radius 2 is 1.93 bits per heavy atom. The summed E-state index contributed by atoms with van der Waals surface area (Å²) in [6.45, 7) is 1.33. The number of nitrogens with zero attached hydrogens (tertiary/aromatic N) is 1. The van der Waals surface area contributed by atoms with Gasteiger partial charge in [0.15, 0.2) is 29.0 Å². The third-order valence-electron chi connectivity index (χ3n) is 4.52. The van der Waals surface area contributed by atoms with Crippen LogP contribution < -0.4 is 14.8 Å². The number of ketones is 1. The zero-order valence-electron chi connectivity index (χ0n) is 15.7. The van der Waals surface area contributed by atoms with Gasteiger partial charge in [-0.3, -0.25) is 14.9 Å². The molecule has 1 aromatic carbocycles. The number of anilines is 1. The third kappa shape index (κ3) is 5.07. The van der Waals surface area contributed by atoms with E-state index in [4.69, 9.17) is 9.47 Å². The van der Waals surface area contributed by atoms with Crippen LogP contribution in [0.25, 0.3) is 0 Å². The number of Topliss-reactive ketones (excluding diaryl/α,β-unsaturated/α-hetero) is 1. The Bertz CT molecular complexity index is 806. The molecule has 0 saturated carbocycles. The van der Waals surface area contributed by atoms with Gasteiger partial charge in [-0.1, -0.05) is 12.8 Å². The maximum absolute atomic E-state index is 12.2. The molecule has 1 aromatic heterocycles. The van der Waals surface area contributed by atoms with E-state index in [1.807, 2.05) is 0 Å². The molecule has 1 N–H and O–H groups in total. The Balaban J connectivity index is 1.60. The van der Waals surface area contributed by atoms with Gasteiger partial charge in [-0.05, 0) is 50.8 Å². The fourth-order valence-electron chi connectivity index (χ4n) is 3.06. The Labute approximate surface area is 162 Å². The smallest absolute Gasteiger partial charge is 0.264 e. The van der Waals surface area contributed by atoms with Crippen molar-refractivity contribution in [3.8, 4) is 11.5 Å². The zero-order valence-corrected chi connectivity index (χ0v) is 16.5. The van der Waals surface area contributed by atoms with Gasteiger partial charge in [0.1, 0.15) is 0 Å². The summed E-state index contributed by atoms with van der Waals surface area (Å²) >= 11 is 1.56. The Kier molecular flexibility index (Phi) is 6.45. The number of carbonyl (C=O) groups is 2. The Hall–Kier alpha value is -2.41. The summed E-state index contributed by atoms with van der Waals surface area (Å²) in [7, 11) is 1.50. The molecule has 0 radical (unpaired) electrons. The number of ether oxygens (including phenoxy) is 2. The standard InChI is InChI=1S/C20H24N2O4S/c1-13(23)14-9-10-16(17(11-14)25-2)26-12-19(24)22-20-21-15-7-5-3-4-6-8-18(15)27-20/h9-11H,3-8,12H2,1-2H3,(H,21,22,24). The van der Waals surface area contributed by atoms with Gasteiger partial charge >= 0.3 is 0 Å². The lowest BCUT2D eigenvalue weighted by molar-refractivity contribution is -0.118. The highest BCUT2D eigenvalue weighted by Gasteiger charge is 2.16. The maximum atomic E-state index is 12.2. The quantitative estimate of drug-likeness (QED) is 0.756. The largest absolute Gasteiger partial charge is 0.493 e. The van der Waals surface area contributed by atoms with E-state index in [0.717, 1.165) is 25.0 Å². The van der Waals surface area contributed by atoms with Crippen molar-refractivity contribution in [2.24, 2.45) is 0 Å². The van der Waals surface area contributed by atoms with E-state index in [0.29, 0.717) is 22.2 Å². The summed E-state index contributed by atoms with van der Waals surface area (Å²) in [5.41, 5.74) is 1.65. The van der Waals surface area contributed by atoms with Gasteiger partial charge in [0.05, 0.1) is 12.8 Å². The van der Waals surface area contributed by atoms with Crippen LogP contribution in [0, 0.1) is 0 Å². The predicted molar refractivity (Wildman–Crippen MR) is 105 cm³/mol. The van der Waals surface area contributed by atoms with Gasteiger partial charge in [0.2, 0.25) is 0 Å². The lowest BCUT2D eigenvalue weighted by Crippen LogP contribution is -2.20. The van der Waals surface area contributed by atoms with Crippen LogP contribution in [0.1, 0.15) is 53.5 Å². The minimum Gasteiger partial charge on any atom is -0.493 e. The first-order valence-corrected chi connectivity index (χ1v) is 9.98. The van der Waals surface area contributed by atoms with E-state index in [2.05, 4.69) is 10.3 Å². The van der Waals surface area contributed by atoms with E-state index in [1.54, 1.807) is 29.5 Å². The van der Waals surface area contributed by atoms with Crippen molar-refractivity contribution in [3.63, 3.8) is 0 Å². The lowest BCUT2D eigenvalue weighted by Gasteiger charge is -2.11. The highest BCUT2D eigenvalue weighted by Crippen LogP contribution is 2.30. The van der Waals surface area contributed by atoms with Crippen molar-refractivity contribution in [1.29, 1.82) is 0 Å². The van der Waals surface area contributed by atoms with Crippen LogP contribution in [0.5, 0.6) is 11.5 Å². The molecule has 0 unspecified atom stereocenters. The molecule has 6 nitrogen and oxygen atoms in total. The molecule has 27 heavy (non-hydrogen) atoms. The topological polar surface area (TPSA) is 77.5 Å². The molecule has 1 aliphatic rings. The second-order valence-corrected chi connectivity index (χ2v) is 7.65. The summed E-state index contributed by atoms with van der Waals surface area (Å²) in [6.07, 6.45) is 6.87. The SMILES string of the molecule is COc1cc(C(C)=O)ccc1OCC(=O)Nc1nc2c(s1)CCCCCC2. The second kappa shape index (κ2) is 8.99. The zero-order chi connectivity index (χ0) is 19.2. The van der Waals surface area contributed by atoms with E-state index < -0.39 is 0 Å². The molecule has 7 heteroatoms. The van der Waals surface area contributed by atoms with Gasteiger partial charge in [-0.25, -0.2) is 4.98 Å². The van der Waals surface area contributed by atoms with Crippen LogP contribution in [0.15, 0.2) is 18.2 Å². The summed E-state index contributed by atoms with van der Waals surface area (Å²) in [6, 6.07) is 4.90. The average Bonchev–Trinajstić information content (AvgIpc) is 3.00. The highest BCUT2D eigenvalue weighted by molar-refractivity contribution is 7.15. The molecule has 144 valence electrons. The van der Waals surface area contributed by atoms with E-state index >= 15 is 0 Å². The van der Waals surface area contributed by atoms with Gasteiger partial charge in [-0.15, -0.1) is 11.3 Å². The van der Waals surface area contributed by atoms with Gasteiger partial charge in [0, 0.05) is 10.4 Å². The number of fused-ring (bicyclic) bond motifs is 1. The number of carbonyl (C=O) groups excluding carboxylic acids is 2. The maximum Gasteiger partial charge on any atom is 0.264 e. The molecule has 2 aromatic rings. The molecular formula is C20H24N2O4S. The second-order valence-electron chi connectivity index (χ2n) is 6.56. The van der Waals surface area contributed by atoms with Crippen LogP contribution >= 0.6 is 11.3 Å². The van der Waals surface area contributed by atoms with Crippen LogP contribution in [0.2, 0.25) is 0 Å². The fraction of sp³-hybridized carbons (Fsp3) is 0.450. The molecule has 0 fully saturated rings. The Morgan fingerprint density at radius 1 is 1.15 bits per heavy atom. The van der Waals surface area contributed by atoms with Crippen molar-refractivity contribution in [1.82, 2.24) is 4.98 Å². The molecule has 1 amide bonds. The normalized spacial score (nSPS) is 13.9. The predicted octanol–water partition coefficient (Wildman–Crippen LogP) is 4.03. The number of nitrogens with one attached hydrogen (secondary N) is 1. The molecule has 1 aliphatic carbocycles. The van der Waals surface area contributed by atoms with Crippen LogP contribution in [-0.4, -0.2) is 30.4 Å². The molecule has 0 saturated heterocycles. The average molecular weight is 388 g/mol. The van der Waals surface area contributed by atoms with Crippen molar-refractivity contribution in [2.45, 2.75) is 45.4 Å². The highest BCUT2D eigenvalue weighted by atomic mass is 32.1. The van der Waals surface area contributed by atoms with E-state index in [1.165, 1.54) is 38.2 Å². The van der Waals surface area contributed by atoms with Gasteiger partial charge in [-0.2, -0.15) is 0 Å². The lowest BCUT2D eigenvalue weighted by atomic mass is 10.0. The van der Waals surface area contributed by atoms with Crippen LogP contribution in [0.4, 0.5) is 5.13 Å². The number of thiazole rings is 1. The Morgan fingerprint density at radius 3 is 2.67 bits per heavy atom. The first-order valence-electron chi connectivity index (χ1n) is 9.17. The van der Waals surface area contributed by atoms with Crippen molar-refractivity contribution >= 4 is 28.2 Å². The van der Waals surface area contributed by atoms with E-state index in [9.17, 15) is 9.59 Å². The molecular weight excluding hydrogens is 364 g/mol. The summed E-state index contributed by atoms with van der Waals surface area (Å²) < 4.78 is 10.8. The number of aryl methyl sites for hydroxylation is 2. The molecule has 1 heterocycles. The van der Waals surface area contributed by atoms with E-state index in [-0.39, 0.29) is 18.3 Å². The van der Waals surface area contributed by atoms with Crippen LogP contribution in [0.3, 0.4) is 0 Å². The number of benzene rings is 1. The monoisotopic (exact) mass is 388 g/mol. The fourth-order valence-corrected chi connectivity index (χ4v) is 4.13. The van der Waals surface area contributed by atoms with Gasteiger partial charge in [0.25, 0.3) is 5.91 Å². The van der Waals surface area contributed by atoms with Crippen molar-refractivity contribution in [3.05, 3.63) is 34.3 Å². The molecule has 0 aliphatic heterocycles. The summed E-state index contributed by atoms with van der Waals surface area (Å²) in [5, 5.41) is 3.46. The number of aromatic nitrogens is 1. The number of amides is 1. The summed E-state index contributed by atoms with van der Waals surface area (Å²) in [4.78, 5) is 29.6. The number of methoxy groups -OCH3 is 1. The first kappa shape index (κ1) is 19.4. The third-order valence-corrected chi connectivity index (χ3v) is 5.59. The molecule has 3 rings (SSSR count). The number of hydrogen-bond donors (Lipinski definition) is 1. The number of hydrogen-bond acceptors (Lipinski definition) is 6. The molecule has 0 bridgehead atoms. The van der Waals surface area contributed by atoms with Crippen LogP contribution in [-0.2, 0) is 17.6 Å². The van der Waals surface area contributed by atoms with Crippen molar-refractivity contribution < 1.29 is 19.1 Å². The minimum atomic E-state index is -0.269. The number of rotatable bonds is 6. The van der Waals surface area contributed by atoms with Crippen molar-refractivity contribution in [2.75, 3.05) is 19.0 Å². The molecule has 0 atom stereocenters. The van der Waals surface area contributed by atoms with Gasteiger partial charge < -0.3 is 9.47 Å². The summed E-state index contributed by atoms with van der Waals surface area (Å²) in [5.74, 6) is 0.517. The minimum absolute atomic E-state index is 0.0584.